The van der Waals surface area contributed by atoms with E-state index in [2.05, 4.69) is 29.2 Å². The number of carboxylic acid groups (broad SMARTS) is 1. The first-order valence-electron chi connectivity index (χ1n) is 13.7. The van der Waals surface area contributed by atoms with Crippen LogP contribution in [-0.4, -0.2) is 42.3 Å². The third-order valence-electron chi connectivity index (χ3n) is 7.97. The summed E-state index contributed by atoms with van der Waals surface area (Å²) in [5, 5.41) is 9.56. The monoisotopic (exact) mass is 533 g/mol. The number of carbonyl (C=O) groups is 1. The predicted octanol–water partition coefficient (Wildman–Crippen LogP) is 7.76. The SMILES string of the molecule is Cc1ccc(C2=C(c3ccc(CC4CN(CCCF)C4)cc3)c3ccc(C(=O)O)cc3CCC2)c(C(F)F)c1. The van der Waals surface area contributed by atoms with Gasteiger partial charge < -0.3 is 10.0 Å². The number of carboxylic acids is 1. The third-order valence-corrected chi connectivity index (χ3v) is 7.97. The molecule has 2 aliphatic rings. The first-order valence-corrected chi connectivity index (χ1v) is 13.7. The zero-order valence-electron chi connectivity index (χ0n) is 22.2. The fraction of sp³-hybridized carbons (Fsp3) is 0.364. The molecule has 5 rings (SSSR count). The fourth-order valence-corrected chi connectivity index (χ4v) is 6.07. The molecule has 204 valence electrons. The van der Waals surface area contributed by atoms with Gasteiger partial charge in [-0.1, -0.05) is 48.0 Å². The first kappa shape index (κ1) is 27.2. The van der Waals surface area contributed by atoms with Crippen molar-refractivity contribution in [1.29, 1.82) is 0 Å². The molecular weight excluding hydrogens is 499 g/mol. The molecule has 0 atom stereocenters. The molecule has 39 heavy (non-hydrogen) atoms. The minimum atomic E-state index is -2.60. The Morgan fingerprint density at radius 3 is 2.44 bits per heavy atom. The number of benzene rings is 3. The molecule has 1 heterocycles. The van der Waals surface area contributed by atoms with Gasteiger partial charge in [0.05, 0.1) is 12.2 Å². The van der Waals surface area contributed by atoms with Crippen molar-refractivity contribution < 1.29 is 23.1 Å². The summed E-state index contributed by atoms with van der Waals surface area (Å²) in [6.07, 6.45) is 0.975. The number of fused-ring (bicyclic) bond motifs is 1. The lowest BCUT2D eigenvalue weighted by Gasteiger charge is -2.39. The lowest BCUT2D eigenvalue weighted by molar-refractivity contribution is 0.0696. The van der Waals surface area contributed by atoms with Crippen molar-refractivity contribution in [3.63, 3.8) is 0 Å². The molecule has 1 aliphatic carbocycles. The maximum atomic E-state index is 14.2. The van der Waals surface area contributed by atoms with E-state index in [1.165, 1.54) is 5.56 Å². The van der Waals surface area contributed by atoms with E-state index in [4.69, 9.17) is 0 Å². The molecular formula is C33H34F3NO2. The number of rotatable bonds is 9. The van der Waals surface area contributed by atoms with Crippen LogP contribution < -0.4 is 0 Å². The molecule has 3 aromatic rings. The van der Waals surface area contributed by atoms with Crippen molar-refractivity contribution in [3.8, 4) is 0 Å². The Kier molecular flexibility index (Phi) is 8.22. The van der Waals surface area contributed by atoms with Crippen molar-refractivity contribution in [1.82, 2.24) is 4.90 Å². The molecule has 6 heteroatoms. The summed E-state index contributed by atoms with van der Waals surface area (Å²) in [6, 6.07) is 18.8. The second-order valence-corrected chi connectivity index (χ2v) is 10.8. The Morgan fingerprint density at radius 1 is 1.00 bits per heavy atom. The zero-order valence-corrected chi connectivity index (χ0v) is 22.2. The number of nitrogens with zero attached hydrogens (tertiary/aromatic N) is 1. The van der Waals surface area contributed by atoms with E-state index in [1.807, 2.05) is 25.1 Å². The maximum absolute atomic E-state index is 14.2. The minimum Gasteiger partial charge on any atom is -0.478 e. The quantitative estimate of drug-likeness (QED) is 0.306. The van der Waals surface area contributed by atoms with Crippen LogP contribution >= 0.6 is 0 Å². The van der Waals surface area contributed by atoms with E-state index >= 15 is 0 Å². The van der Waals surface area contributed by atoms with Crippen molar-refractivity contribution in [3.05, 3.63) is 105 Å². The van der Waals surface area contributed by atoms with Crippen molar-refractivity contribution in [2.45, 2.75) is 45.5 Å². The fourth-order valence-electron chi connectivity index (χ4n) is 6.07. The molecule has 1 N–H and O–H groups in total. The van der Waals surface area contributed by atoms with Gasteiger partial charge in [0.2, 0.25) is 0 Å². The Morgan fingerprint density at radius 2 is 1.74 bits per heavy atom. The van der Waals surface area contributed by atoms with E-state index in [-0.39, 0.29) is 17.8 Å². The van der Waals surface area contributed by atoms with Gasteiger partial charge in [-0.15, -0.1) is 0 Å². The smallest absolute Gasteiger partial charge is 0.335 e. The van der Waals surface area contributed by atoms with Crippen molar-refractivity contribution >= 4 is 17.1 Å². The molecule has 3 nitrogen and oxygen atoms in total. The molecule has 0 spiro atoms. The number of hydrogen-bond donors (Lipinski definition) is 1. The Labute approximate surface area is 228 Å². The second kappa shape index (κ2) is 11.8. The average Bonchev–Trinajstić information content (AvgIpc) is 3.09. The van der Waals surface area contributed by atoms with Crippen LogP contribution in [0.25, 0.3) is 11.1 Å². The van der Waals surface area contributed by atoms with Crippen LogP contribution in [-0.2, 0) is 12.8 Å². The van der Waals surface area contributed by atoms with Crippen LogP contribution in [0.1, 0.15) is 75.0 Å². The molecule has 0 bridgehead atoms. The van der Waals surface area contributed by atoms with Gasteiger partial charge >= 0.3 is 5.97 Å². The molecule has 1 fully saturated rings. The lowest BCUT2D eigenvalue weighted by Crippen LogP contribution is -2.47. The van der Waals surface area contributed by atoms with Gasteiger partial charge in [0.25, 0.3) is 6.43 Å². The van der Waals surface area contributed by atoms with Crippen molar-refractivity contribution in [2.75, 3.05) is 26.3 Å². The predicted molar refractivity (Wildman–Crippen MR) is 149 cm³/mol. The van der Waals surface area contributed by atoms with Gasteiger partial charge in [-0.05, 0) is 102 Å². The molecule has 0 unspecified atom stereocenters. The number of hydrogen-bond acceptors (Lipinski definition) is 2. The topological polar surface area (TPSA) is 40.5 Å². The lowest BCUT2D eigenvalue weighted by atomic mass is 9.84. The van der Waals surface area contributed by atoms with Gasteiger partial charge in [-0.25, -0.2) is 13.6 Å². The molecule has 0 radical (unpaired) electrons. The number of allylic oxidation sites excluding steroid dienone is 1. The number of aryl methyl sites for hydroxylation is 2. The van der Waals surface area contributed by atoms with Crippen LogP contribution in [0, 0.1) is 12.8 Å². The van der Waals surface area contributed by atoms with Crippen LogP contribution in [0.4, 0.5) is 13.2 Å². The molecule has 0 saturated carbocycles. The van der Waals surface area contributed by atoms with E-state index in [0.29, 0.717) is 30.7 Å². The largest absolute Gasteiger partial charge is 0.478 e. The summed E-state index contributed by atoms with van der Waals surface area (Å²) in [5.74, 6) is -0.422. The highest BCUT2D eigenvalue weighted by atomic mass is 19.3. The molecule has 1 aliphatic heterocycles. The molecule has 1 saturated heterocycles. The Bertz CT molecular complexity index is 1370. The summed E-state index contributed by atoms with van der Waals surface area (Å²) >= 11 is 0. The van der Waals surface area contributed by atoms with Gasteiger partial charge in [0.1, 0.15) is 0 Å². The molecule has 0 amide bonds. The Hall–Kier alpha value is -3.38. The molecule has 0 aromatic heterocycles. The third kappa shape index (κ3) is 5.96. The number of alkyl halides is 3. The van der Waals surface area contributed by atoms with Gasteiger partial charge in [0.15, 0.2) is 0 Å². The van der Waals surface area contributed by atoms with Crippen LogP contribution in [0.2, 0.25) is 0 Å². The summed E-state index contributed by atoms with van der Waals surface area (Å²) < 4.78 is 40.9. The van der Waals surface area contributed by atoms with E-state index < -0.39 is 12.4 Å². The summed E-state index contributed by atoms with van der Waals surface area (Å²) in [7, 11) is 0. The van der Waals surface area contributed by atoms with Gasteiger partial charge in [-0.3, -0.25) is 4.39 Å². The second-order valence-electron chi connectivity index (χ2n) is 10.8. The average molecular weight is 534 g/mol. The maximum Gasteiger partial charge on any atom is 0.335 e. The Balaban J connectivity index is 1.55. The number of likely N-dealkylation sites (tertiary alicyclic amines) is 1. The van der Waals surface area contributed by atoms with E-state index in [1.54, 1.807) is 18.2 Å². The first-order chi connectivity index (χ1) is 18.8. The van der Waals surface area contributed by atoms with Gasteiger partial charge in [-0.2, -0.15) is 0 Å². The highest BCUT2D eigenvalue weighted by Gasteiger charge is 2.27. The highest BCUT2D eigenvalue weighted by Crippen LogP contribution is 2.43. The van der Waals surface area contributed by atoms with Crippen LogP contribution in [0.15, 0.2) is 60.7 Å². The summed E-state index contributed by atoms with van der Waals surface area (Å²) in [6.45, 7) is 4.33. The van der Waals surface area contributed by atoms with Crippen LogP contribution in [0.3, 0.4) is 0 Å². The zero-order chi connectivity index (χ0) is 27.5. The summed E-state index contributed by atoms with van der Waals surface area (Å²) in [4.78, 5) is 14.0. The standard InChI is InChI=1S/C33H34F3NO2/c1-21-6-12-28(30(16-21)32(35)36)29-5-2-4-25-18-26(33(38)39)11-13-27(25)31(29)24-9-7-22(8-10-24)17-23-19-37(20-23)15-3-14-34/h6-13,16,18,23,32H,2-5,14-15,17,19-20H2,1H3,(H,38,39). The number of aromatic carboxylic acids is 1. The van der Waals surface area contributed by atoms with E-state index in [0.717, 1.165) is 65.9 Å². The summed E-state index contributed by atoms with van der Waals surface area (Å²) in [5.41, 5.74) is 7.39. The van der Waals surface area contributed by atoms with Crippen molar-refractivity contribution in [2.24, 2.45) is 5.92 Å². The highest BCUT2D eigenvalue weighted by molar-refractivity contribution is 6.01. The minimum absolute atomic E-state index is 0.0343. The van der Waals surface area contributed by atoms with Crippen LogP contribution in [0.5, 0.6) is 0 Å². The molecule has 3 aromatic carbocycles. The normalized spacial score (nSPS) is 16.2. The van der Waals surface area contributed by atoms with Gasteiger partial charge in [0, 0.05) is 25.2 Å². The number of halogens is 3. The van der Waals surface area contributed by atoms with E-state index in [9.17, 15) is 23.1 Å².